The summed E-state index contributed by atoms with van der Waals surface area (Å²) in [6.45, 7) is 0. The molecule has 3 rings (SSSR count). The van der Waals surface area contributed by atoms with Crippen molar-refractivity contribution in [2.45, 2.75) is 0 Å². The van der Waals surface area contributed by atoms with Crippen LogP contribution < -0.4 is 0 Å². The van der Waals surface area contributed by atoms with E-state index in [1.54, 1.807) is 18.5 Å². The summed E-state index contributed by atoms with van der Waals surface area (Å²) in [5.41, 5.74) is 0.599. The van der Waals surface area contributed by atoms with Gasteiger partial charge in [-0.1, -0.05) is 18.2 Å². The number of carbonyl (C=O) groups is 1. The first-order chi connectivity index (χ1) is 8.36. The predicted octanol–water partition coefficient (Wildman–Crippen LogP) is 1.58. The van der Waals surface area contributed by atoms with Crippen molar-refractivity contribution >= 4 is 16.6 Å². The molecule has 0 unspecified atom stereocenters. The van der Waals surface area contributed by atoms with E-state index in [0.717, 1.165) is 10.8 Å². The molecule has 2 aromatic heterocycles. The van der Waals surface area contributed by atoms with Gasteiger partial charge in [0.1, 0.15) is 6.33 Å². The average molecular weight is 224 g/mol. The van der Waals surface area contributed by atoms with Crippen molar-refractivity contribution in [3.63, 3.8) is 0 Å². The van der Waals surface area contributed by atoms with Gasteiger partial charge in [0, 0.05) is 23.3 Å². The van der Waals surface area contributed by atoms with Gasteiger partial charge in [-0.2, -0.15) is 5.10 Å². The Kier molecular flexibility index (Phi) is 2.15. The predicted molar refractivity (Wildman–Crippen MR) is 61.6 cm³/mol. The third-order valence-electron chi connectivity index (χ3n) is 2.56. The maximum Gasteiger partial charge on any atom is 0.230 e. The van der Waals surface area contributed by atoms with Crippen molar-refractivity contribution in [1.82, 2.24) is 20.2 Å². The highest BCUT2D eigenvalue weighted by Crippen LogP contribution is 2.19. The van der Waals surface area contributed by atoms with Crippen molar-refractivity contribution < 1.29 is 4.79 Å². The number of fused-ring (bicyclic) bond motifs is 1. The Morgan fingerprint density at radius 1 is 1.24 bits per heavy atom. The lowest BCUT2D eigenvalue weighted by atomic mass is 10.0. The van der Waals surface area contributed by atoms with E-state index in [4.69, 9.17) is 0 Å². The number of ketones is 1. The third-order valence-corrected chi connectivity index (χ3v) is 2.56. The highest BCUT2D eigenvalue weighted by molar-refractivity contribution is 6.14. The fourth-order valence-corrected chi connectivity index (χ4v) is 1.76. The molecule has 5 nitrogen and oxygen atoms in total. The molecule has 0 spiro atoms. The van der Waals surface area contributed by atoms with Crippen LogP contribution in [-0.4, -0.2) is 25.9 Å². The molecule has 0 atom stereocenters. The number of aromatic amines is 1. The van der Waals surface area contributed by atoms with Gasteiger partial charge in [-0.3, -0.25) is 14.9 Å². The SMILES string of the molecule is O=C(c1ncn[nH]1)c1cccc2cnccc12. The Morgan fingerprint density at radius 3 is 3.00 bits per heavy atom. The quantitative estimate of drug-likeness (QED) is 0.671. The lowest BCUT2D eigenvalue weighted by molar-refractivity contribution is 0.103. The third kappa shape index (κ3) is 1.57. The zero-order valence-corrected chi connectivity index (χ0v) is 8.79. The number of pyridine rings is 1. The fourth-order valence-electron chi connectivity index (χ4n) is 1.76. The molecule has 0 aliphatic heterocycles. The molecule has 0 bridgehead atoms. The van der Waals surface area contributed by atoms with Crippen molar-refractivity contribution in [3.05, 3.63) is 54.4 Å². The van der Waals surface area contributed by atoms with Crippen LogP contribution in [0.25, 0.3) is 10.8 Å². The smallest absolute Gasteiger partial charge is 0.230 e. The molecule has 1 aromatic carbocycles. The van der Waals surface area contributed by atoms with Crippen molar-refractivity contribution in [1.29, 1.82) is 0 Å². The van der Waals surface area contributed by atoms with Gasteiger partial charge >= 0.3 is 0 Å². The van der Waals surface area contributed by atoms with Gasteiger partial charge in [-0.05, 0) is 11.5 Å². The monoisotopic (exact) mass is 224 g/mol. The maximum atomic E-state index is 12.2. The molecule has 3 aromatic rings. The molecule has 0 saturated heterocycles. The molecule has 82 valence electrons. The van der Waals surface area contributed by atoms with Gasteiger partial charge in [0.2, 0.25) is 5.78 Å². The van der Waals surface area contributed by atoms with Gasteiger partial charge in [-0.25, -0.2) is 4.98 Å². The van der Waals surface area contributed by atoms with Crippen molar-refractivity contribution in [2.24, 2.45) is 0 Å². The Morgan fingerprint density at radius 2 is 2.18 bits per heavy atom. The van der Waals surface area contributed by atoms with Gasteiger partial charge in [0.25, 0.3) is 0 Å². The Bertz CT molecular complexity index is 671. The van der Waals surface area contributed by atoms with Gasteiger partial charge in [-0.15, -0.1) is 0 Å². The minimum atomic E-state index is -0.167. The first-order valence-corrected chi connectivity index (χ1v) is 5.09. The minimum absolute atomic E-state index is 0.167. The first kappa shape index (κ1) is 9.65. The molecule has 2 heterocycles. The molecule has 17 heavy (non-hydrogen) atoms. The van der Waals surface area contributed by atoms with Crippen LogP contribution >= 0.6 is 0 Å². The molecule has 0 amide bonds. The van der Waals surface area contributed by atoms with Crippen molar-refractivity contribution in [2.75, 3.05) is 0 Å². The van der Waals surface area contributed by atoms with Gasteiger partial charge in [0.05, 0.1) is 0 Å². The summed E-state index contributed by atoms with van der Waals surface area (Å²) in [5.74, 6) is 0.0774. The zero-order valence-electron chi connectivity index (χ0n) is 8.79. The second-order valence-electron chi connectivity index (χ2n) is 3.57. The van der Waals surface area contributed by atoms with Crippen LogP contribution in [0.2, 0.25) is 0 Å². The molecular formula is C12H8N4O. The zero-order chi connectivity index (χ0) is 11.7. The molecule has 0 fully saturated rings. The number of H-pyrrole nitrogens is 1. The van der Waals surface area contributed by atoms with Crippen LogP contribution in [0.3, 0.4) is 0 Å². The summed E-state index contributed by atoms with van der Waals surface area (Å²) in [7, 11) is 0. The van der Waals surface area contributed by atoms with Crippen LogP contribution in [0.4, 0.5) is 0 Å². The number of hydrogen-bond donors (Lipinski definition) is 1. The highest BCUT2D eigenvalue weighted by atomic mass is 16.1. The molecule has 0 aliphatic carbocycles. The molecule has 0 aliphatic rings. The number of benzene rings is 1. The normalized spacial score (nSPS) is 10.6. The summed E-state index contributed by atoms with van der Waals surface area (Å²) < 4.78 is 0. The Balaban J connectivity index is 2.21. The standard InChI is InChI=1S/C12H8N4O/c17-11(12-14-7-15-16-12)10-3-1-2-8-6-13-5-4-9(8)10/h1-7H,(H,14,15,16). The largest absolute Gasteiger partial charge is 0.285 e. The highest BCUT2D eigenvalue weighted by Gasteiger charge is 2.14. The molecule has 0 radical (unpaired) electrons. The van der Waals surface area contributed by atoms with E-state index in [9.17, 15) is 4.79 Å². The summed E-state index contributed by atoms with van der Waals surface area (Å²) in [5, 5.41) is 8.05. The summed E-state index contributed by atoms with van der Waals surface area (Å²) in [6, 6.07) is 7.33. The molecule has 5 heteroatoms. The van der Waals surface area contributed by atoms with Crippen LogP contribution in [0.5, 0.6) is 0 Å². The number of hydrogen-bond acceptors (Lipinski definition) is 4. The van der Waals surface area contributed by atoms with E-state index in [2.05, 4.69) is 20.2 Å². The van der Waals surface area contributed by atoms with Crippen LogP contribution in [0.1, 0.15) is 16.2 Å². The summed E-state index contributed by atoms with van der Waals surface area (Å²) >= 11 is 0. The number of aromatic nitrogens is 4. The number of nitrogens with one attached hydrogen (secondary N) is 1. The molecular weight excluding hydrogens is 216 g/mol. The van der Waals surface area contributed by atoms with Crippen LogP contribution in [0, 0.1) is 0 Å². The average Bonchev–Trinajstić information content (AvgIpc) is 2.91. The van der Waals surface area contributed by atoms with E-state index < -0.39 is 0 Å². The number of nitrogens with zero attached hydrogens (tertiary/aromatic N) is 3. The van der Waals surface area contributed by atoms with Gasteiger partial charge in [0.15, 0.2) is 5.82 Å². The van der Waals surface area contributed by atoms with Gasteiger partial charge < -0.3 is 0 Å². The van der Waals surface area contributed by atoms with E-state index in [-0.39, 0.29) is 11.6 Å². The van der Waals surface area contributed by atoms with E-state index in [1.807, 2.05) is 18.2 Å². The second-order valence-corrected chi connectivity index (χ2v) is 3.57. The molecule has 0 saturated carbocycles. The second kappa shape index (κ2) is 3.79. The maximum absolute atomic E-state index is 12.2. The number of rotatable bonds is 2. The summed E-state index contributed by atoms with van der Waals surface area (Å²) in [6.07, 6.45) is 4.71. The number of carbonyl (C=O) groups excluding carboxylic acids is 1. The minimum Gasteiger partial charge on any atom is -0.285 e. The summed E-state index contributed by atoms with van der Waals surface area (Å²) in [4.78, 5) is 20.1. The molecule has 1 N–H and O–H groups in total. The Hall–Kier alpha value is -2.56. The van der Waals surface area contributed by atoms with Crippen LogP contribution in [-0.2, 0) is 0 Å². The fraction of sp³-hybridized carbons (Fsp3) is 0. The Labute approximate surface area is 96.5 Å². The topological polar surface area (TPSA) is 71.5 Å². The van der Waals surface area contributed by atoms with E-state index in [0.29, 0.717) is 5.56 Å². The lowest BCUT2D eigenvalue weighted by Crippen LogP contribution is -2.04. The van der Waals surface area contributed by atoms with E-state index >= 15 is 0 Å². The van der Waals surface area contributed by atoms with Crippen molar-refractivity contribution in [3.8, 4) is 0 Å². The lowest BCUT2D eigenvalue weighted by Gasteiger charge is -2.02. The van der Waals surface area contributed by atoms with E-state index in [1.165, 1.54) is 6.33 Å². The van der Waals surface area contributed by atoms with Crippen LogP contribution in [0.15, 0.2) is 43.0 Å². The first-order valence-electron chi connectivity index (χ1n) is 5.09.